The number of halogens is 4. The summed E-state index contributed by atoms with van der Waals surface area (Å²) in [7, 11) is 0. The summed E-state index contributed by atoms with van der Waals surface area (Å²) >= 11 is 0. The number of rotatable bonds is 4. The summed E-state index contributed by atoms with van der Waals surface area (Å²) in [5.74, 6) is -1.45. The minimum Gasteiger partial charge on any atom is -0.354 e. The third-order valence-electron chi connectivity index (χ3n) is 9.29. The van der Waals surface area contributed by atoms with Crippen LogP contribution in [0.2, 0.25) is 0 Å². The molecule has 0 atom stereocenters. The van der Waals surface area contributed by atoms with E-state index >= 15 is 0 Å². The zero-order valence-corrected chi connectivity index (χ0v) is 28.5. The van der Waals surface area contributed by atoms with Crippen LogP contribution in [-0.4, -0.2) is 19.9 Å². The molecule has 0 unspecified atom stereocenters. The molecule has 261 valence electrons. The first kappa shape index (κ1) is 33.8. The Labute approximate surface area is 311 Å². The van der Waals surface area contributed by atoms with Crippen LogP contribution >= 0.6 is 0 Å². The Hall–Kier alpha value is -6.28. The molecule has 0 spiro atoms. The van der Waals surface area contributed by atoms with E-state index in [1.807, 2.05) is 48.6 Å². The number of aromatic nitrogens is 4. The molecule has 0 saturated heterocycles. The minimum absolute atomic E-state index is 0. The molecule has 7 aromatic rings. The number of aromatic amines is 2. The van der Waals surface area contributed by atoms with Crippen LogP contribution in [-0.2, 0) is 17.1 Å². The maximum Gasteiger partial charge on any atom is 0.123 e. The number of hydrogen-bond acceptors (Lipinski definition) is 2. The average molecular weight is 750 g/mol. The van der Waals surface area contributed by atoms with Gasteiger partial charge in [0.05, 0.1) is 22.8 Å². The number of nitrogens with one attached hydrogen (secondary N) is 2. The molecular weight excluding hydrogens is 724 g/mol. The molecule has 5 heterocycles. The van der Waals surface area contributed by atoms with Crippen LogP contribution in [0.5, 0.6) is 0 Å². The van der Waals surface area contributed by atoms with Crippen molar-refractivity contribution in [1.29, 1.82) is 0 Å². The first-order valence-electron chi connectivity index (χ1n) is 16.6. The number of fused-ring (bicyclic) bond motifs is 8. The summed E-state index contributed by atoms with van der Waals surface area (Å²) in [6.07, 6.45) is 7.63. The van der Waals surface area contributed by atoms with E-state index in [9.17, 15) is 17.6 Å². The predicted octanol–water partition coefficient (Wildman–Crippen LogP) is 11.9. The Kier molecular flexibility index (Phi) is 8.74. The minimum atomic E-state index is -0.364. The topological polar surface area (TPSA) is 57.4 Å². The van der Waals surface area contributed by atoms with Crippen LogP contribution in [0.3, 0.4) is 0 Å². The number of benzene rings is 4. The Morgan fingerprint density at radius 3 is 0.717 bits per heavy atom. The smallest absolute Gasteiger partial charge is 0.123 e. The fraction of sp³-hybridized carbons (Fsp3) is 0. The van der Waals surface area contributed by atoms with Crippen molar-refractivity contribution in [2.24, 2.45) is 0 Å². The van der Waals surface area contributed by atoms with Gasteiger partial charge in [0.25, 0.3) is 0 Å². The fourth-order valence-corrected chi connectivity index (χ4v) is 6.89. The van der Waals surface area contributed by atoms with Gasteiger partial charge in [-0.05, 0) is 119 Å². The number of nitrogens with zero attached hydrogens (tertiary/aromatic N) is 2. The number of H-pyrrole nitrogens is 2. The third-order valence-corrected chi connectivity index (χ3v) is 9.29. The molecule has 8 bridgehead atoms. The van der Waals surface area contributed by atoms with E-state index in [-0.39, 0.29) is 40.3 Å². The molecule has 3 aromatic heterocycles. The second-order valence-corrected chi connectivity index (χ2v) is 12.5. The Morgan fingerprint density at radius 1 is 0.302 bits per heavy atom. The van der Waals surface area contributed by atoms with Crippen LogP contribution in [0.4, 0.5) is 17.6 Å². The summed E-state index contributed by atoms with van der Waals surface area (Å²) in [5, 5.41) is 0. The Bertz CT molecular complexity index is 2370. The second-order valence-electron chi connectivity index (χ2n) is 12.5. The molecule has 9 heteroatoms. The van der Waals surface area contributed by atoms with E-state index in [1.165, 1.54) is 48.5 Å². The van der Waals surface area contributed by atoms with E-state index in [2.05, 4.69) is 9.97 Å². The van der Waals surface area contributed by atoms with Crippen LogP contribution in [0.1, 0.15) is 22.8 Å². The van der Waals surface area contributed by atoms with E-state index < -0.39 is 0 Å². The van der Waals surface area contributed by atoms with Crippen molar-refractivity contribution in [1.82, 2.24) is 19.9 Å². The van der Waals surface area contributed by atoms with Crippen molar-refractivity contribution in [2.75, 3.05) is 0 Å². The van der Waals surface area contributed by atoms with Gasteiger partial charge in [-0.25, -0.2) is 27.5 Å². The monoisotopic (exact) mass is 749 g/mol. The van der Waals surface area contributed by atoms with Crippen molar-refractivity contribution in [3.05, 3.63) is 167 Å². The summed E-state index contributed by atoms with van der Waals surface area (Å²) in [5.41, 5.74) is 11.3. The molecule has 0 aliphatic carbocycles. The van der Waals surface area contributed by atoms with E-state index in [0.29, 0.717) is 44.8 Å². The summed E-state index contributed by atoms with van der Waals surface area (Å²) < 4.78 is 56.8. The molecule has 0 saturated carbocycles. The predicted molar refractivity (Wildman–Crippen MR) is 200 cm³/mol. The van der Waals surface area contributed by atoms with E-state index in [0.717, 1.165) is 44.5 Å². The molecular formula is C44H26CuF4N4. The SMILES string of the molecule is Fc1ccc(-c2c3nc(c(-c4ccc(F)cc4)c4ccc([nH]4)c(-c4ccc(F)cc4)c4nc(c(-c5ccc(F)cc5)c5ccc2[nH]5)C=C4)C=C3)cc1.[Cu]. The summed E-state index contributed by atoms with van der Waals surface area (Å²) in [4.78, 5) is 17.4. The quantitative estimate of drug-likeness (QED) is 0.139. The van der Waals surface area contributed by atoms with Crippen molar-refractivity contribution < 1.29 is 34.6 Å². The van der Waals surface area contributed by atoms with Gasteiger partial charge in [0.15, 0.2) is 0 Å². The maximum absolute atomic E-state index is 14.2. The van der Waals surface area contributed by atoms with E-state index in [1.54, 1.807) is 48.5 Å². The first-order chi connectivity index (χ1) is 25.4. The zero-order chi connectivity index (χ0) is 35.3. The summed E-state index contributed by atoms with van der Waals surface area (Å²) in [6.45, 7) is 0. The Morgan fingerprint density at radius 2 is 0.509 bits per heavy atom. The van der Waals surface area contributed by atoms with Gasteiger partial charge in [-0.3, -0.25) is 0 Å². The van der Waals surface area contributed by atoms with E-state index in [4.69, 9.17) is 9.97 Å². The van der Waals surface area contributed by atoms with Crippen LogP contribution < -0.4 is 0 Å². The van der Waals surface area contributed by atoms with Crippen LogP contribution in [0, 0.1) is 23.3 Å². The second kappa shape index (κ2) is 13.7. The maximum atomic E-state index is 14.2. The molecule has 4 aromatic carbocycles. The molecule has 1 radical (unpaired) electrons. The molecule has 0 fully saturated rings. The standard InChI is InChI=1S/C44H26F4N4.Cu/c45-29-9-1-25(2-10-29)41-33-17-19-35(49-33)42(26-3-11-30(46)12-4-26)37-21-23-39(51-37)44(28-7-15-32(48)16-8-28)40-24-22-38(52-40)43(36-20-18-34(41)50-36)27-5-13-31(47)14-6-27;/h1-24,49,52H;. The van der Waals surface area contributed by atoms with Gasteiger partial charge in [-0.1, -0.05) is 48.5 Å². The van der Waals surface area contributed by atoms with Gasteiger partial charge in [-0.2, -0.15) is 0 Å². The van der Waals surface area contributed by atoms with Crippen LogP contribution in [0.25, 0.3) is 90.9 Å². The third kappa shape index (κ3) is 6.31. The molecule has 53 heavy (non-hydrogen) atoms. The van der Waals surface area contributed by atoms with Gasteiger partial charge < -0.3 is 9.97 Å². The van der Waals surface area contributed by atoms with Crippen LogP contribution in [0.15, 0.2) is 121 Å². The summed E-state index contributed by atoms with van der Waals surface area (Å²) in [6, 6.07) is 32.7. The largest absolute Gasteiger partial charge is 0.354 e. The molecule has 4 nitrogen and oxygen atoms in total. The zero-order valence-electron chi connectivity index (χ0n) is 27.6. The van der Waals surface area contributed by atoms with Gasteiger partial charge in [0, 0.05) is 61.4 Å². The fourth-order valence-electron chi connectivity index (χ4n) is 6.89. The average Bonchev–Trinajstić information content (AvgIpc) is 3.99. The van der Waals surface area contributed by atoms with Gasteiger partial charge in [0.2, 0.25) is 0 Å². The molecule has 2 aliphatic rings. The number of hydrogen-bond donors (Lipinski definition) is 2. The van der Waals surface area contributed by atoms with Gasteiger partial charge >= 0.3 is 0 Å². The van der Waals surface area contributed by atoms with Crippen molar-refractivity contribution in [3.8, 4) is 44.5 Å². The Balaban J connectivity index is 0.00000400. The van der Waals surface area contributed by atoms with Gasteiger partial charge in [-0.15, -0.1) is 0 Å². The molecule has 2 aliphatic heterocycles. The molecule has 2 N–H and O–H groups in total. The molecule has 9 rings (SSSR count). The van der Waals surface area contributed by atoms with Crippen molar-refractivity contribution in [3.63, 3.8) is 0 Å². The van der Waals surface area contributed by atoms with Crippen molar-refractivity contribution in [2.45, 2.75) is 0 Å². The first-order valence-corrected chi connectivity index (χ1v) is 16.6. The molecule has 0 amide bonds. The van der Waals surface area contributed by atoms with Crippen molar-refractivity contribution >= 4 is 46.4 Å². The normalized spacial score (nSPS) is 11.8. The van der Waals surface area contributed by atoms with Gasteiger partial charge in [0.1, 0.15) is 23.3 Å².